The molecule has 3 N–H and O–H groups in total. The molecule has 4 nitrogen and oxygen atoms in total. The molecule has 0 atom stereocenters. The minimum absolute atomic E-state index is 0.268. The van der Waals surface area contributed by atoms with Gasteiger partial charge in [0.2, 0.25) is 5.91 Å². The zero-order valence-corrected chi connectivity index (χ0v) is 12.4. The number of rotatable bonds is 4. The smallest absolute Gasteiger partial charge is 0.251 e. The monoisotopic (exact) mass is 322 g/mol. The highest BCUT2D eigenvalue weighted by Crippen LogP contribution is 2.19. The highest BCUT2D eigenvalue weighted by Gasteiger charge is 2.08. The first-order chi connectivity index (χ1) is 9.95. The Bertz CT molecular complexity index is 682. The van der Waals surface area contributed by atoms with E-state index in [0.717, 1.165) is 5.56 Å². The van der Waals surface area contributed by atoms with Crippen molar-refractivity contribution in [3.8, 4) is 0 Å². The standard InChI is InChI=1S/C15H12Cl2N2O2/c16-12-5-11(6-13(17)7-12)15(21)19-8-9-2-1-3-10(4-9)14(18)20/h1-7H,8H2,(H2,18,20)(H,19,21). The van der Waals surface area contributed by atoms with Gasteiger partial charge in [0.1, 0.15) is 0 Å². The number of benzene rings is 2. The van der Waals surface area contributed by atoms with Crippen molar-refractivity contribution in [3.05, 3.63) is 69.2 Å². The number of halogens is 2. The normalized spacial score (nSPS) is 10.2. The van der Waals surface area contributed by atoms with Gasteiger partial charge in [-0.25, -0.2) is 0 Å². The van der Waals surface area contributed by atoms with Crippen molar-refractivity contribution in [2.75, 3.05) is 0 Å². The number of primary amides is 1. The van der Waals surface area contributed by atoms with Crippen molar-refractivity contribution >= 4 is 35.0 Å². The van der Waals surface area contributed by atoms with Crippen LogP contribution < -0.4 is 11.1 Å². The van der Waals surface area contributed by atoms with E-state index in [9.17, 15) is 9.59 Å². The van der Waals surface area contributed by atoms with Crippen LogP contribution in [0, 0.1) is 0 Å². The fourth-order valence-corrected chi connectivity index (χ4v) is 2.33. The van der Waals surface area contributed by atoms with Crippen molar-refractivity contribution in [3.63, 3.8) is 0 Å². The fraction of sp³-hybridized carbons (Fsp3) is 0.0667. The van der Waals surface area contributed by atoms with Crippen molar-refractivity contribution in [2.45, 2.75) is 6.54 Å². The molecule has 0 aromatic heterocycles. The van der Waals surface area contributed by atoms with Gasteiger partial charge in [-0.2, -0.15) is 0 Å². The molecule has 108 valence electrons. The van der Waals surface area contributed by atoms with Gasteiger partial charge in [-0.3, -0.25) is 9.59 Å². The predicted molar refractivity (Wildman–Crippen MR) is 82.6 cm³/mol. The Hall–Kier alpha value is -2.04. The van der Waals surface area contributed by atoms with E-state index < -0.39 is 5.91 Å². The Balaban J connectivity index is 2.07. The number of carbonyl (C=O) groups excluding carboxylic acids is 2. The molecule has 0 unspecified atom stereocenters. The van der Waals surface area contributed by atoms with Gasteiger partial charge in [0.05, 0.1) is 0 Å². The molecule has 2 aromatic rings. The summed E-state index contributed by atoms with van der Waals surface area (Å²) >= 11 is 11.7. The summed E-state index contributed by atoms with van der Waals surface area (Å²) in [4.78, 5) is 23.1. The number of amides is 2. The summed E-state index contributed by atoms with van der Waals surface area (Å²) in [5.41, 5.74) is 6.75. The van der Waals surface area contributed by atoms with Crippen LogP contribution >= 0.6 is 23.2 Å². The maximum atomic E-state index is 12.0. The predicted octanol–water partition coefficient (Wildman–Crippen LogP) is 3.02. The first-order valence-corrected chi connectivity index (χ1v) is 6.84. The van der Waals surface area contributed by atoms with Gasteiger partial charge in [0.15, 0.2) is 0 Å². The molecule has 6 heteroatoms. The van der Waals surface area contributed by atoms with Crippen LogP contribution in [0.2, 0.25) is 10.0 Å². The lowest BCUT2D eigenvalue weighted by Gasteiger charge is -2.07. The molecule has 2 amide bonds. The molecule has 0 heterocycles. The number of nitrogens with two attached hydrogens (primary N) is 1. The fourth-order valence-electron chi connectivity index (χ4n) is 1.80. The molecule has 0 fully saturated rings. The third kappa shape index (κ3) is 4.21. The summed E-state index contributed by atoms with van der Waals surface area (Å²) in [5, 5.41) is 3.51. The SMILES string of the molecule is NC(=O)c1cccc(CNC(=O)c2cc(Cl)cc(Cl)c2)c1. The second-order valence-corrected chi connectivity index (χ2v) is 5.28. The summed E-state index contributed by atoms with van der Waals surface area (Å²) < 4.78 is 0. The van der Waals surface area contributed by atoms with Crippen LogP contribution in [0.5, 0.6) is 0 Å². The van der Waals surface area contributed by atoms with Crippen LogP contribution in [-0.4, -0.2) is 11.8 Å². The van der Waals surface area contributed by atoms with Crippen LogP contribution in [-0.2, 0) is 6.54 Å². The molecule has 0 aliphatic heterocycles. The van der Waals surface area contributed by atoms with Crippen LogP contribution in [0.25, 0.3) is 0 Å². The Morgan fingerprint density at radius 2 is 1.67 bits per heavy atom. The van der Waals surface area contributed by atoms with Gasteiger partial charge >= 0.3 is 0 Å². The first-order valence-electron chi connectivity index (χ1n) is 6.09. The highest BCUT2D eigenvalue weighted by molar-refractivity contribution is 6.35. The molecule has 0 aliphatic rings. The lowest BCUT2D eigenvalue weighted by molar-refractivity contribution is 0.0950. The van der Waals surface area contributed by atoms with Gasteiger partial charge in [-0.1, -0.05) is 35.3 Å². The van der Waals surface area contributed by atoms with Gasteiger partial charge in [-0.05, 0) is 35.9 Å². The van der Waals surface area contributed by atoms with Crippen molar-refractivity contribution < 1.29 is 9.59 Å². The lowest BCUT2D eigenvalue weighted by Crippen LogP contribution is -2.23. The van der Waals surface area contributed by atoms with Gasteiger partial charge in [-0.15, -0.1) is 0 Å². The van der Waals surface area contributed by atoms with E-state index in [-0.39, 0.29) is 12.5 Å². The van der Waals surface area contributed by atoms with Crippen molar-refractivity contribution in [2.24, 2.45) is 5.73 Å². The average molecular weight is 323 g/mol. The topological polar surface area (TPSA) is 72.2 Å². The van der Waals surface area contributed by atoms with Crippen molar-refractivity contribution in [1.82, 2.24) is 5.32 Å². The zero-order chi connectivity index (χ0) is 15.4. The highest BCUT2D eigenvalue weighted by atomic mass is 35.5. The van der Waals surface area contributed by atoms with Crippen LogP contribution in [0.15, 0.2) is 42.5 Å². The number of nitrogens with one attached hydrogen (secondary N) is 1. The Kier molecular flexibility index (Phi) is 4.83. The van der Waals surface area contributed by atoms with E-state index in [1.807, 2.05) is 0 Å². The maximum Gasteiger partial charge on any atom is 0.251 e. The molecule has 0 saturated carbocycles. The first kappa shape index (κ1) is 15.4. The zero-order valence-electron chi connectivity index (χ0n) is 10.9. The quantitative estimate of drug-likeness (QED) is 0.908. The molecule has 2 rings (SSSR count). The number of hydrogen-bond acceptors (Lipinski definition) is 2. The second-order valence-electron chi connectivity index (χ2n) is 4.41. The Labute approximate surface area is 131 Å². The largest absolute Gasteiger partial charge is 0.366 e. The average Bonchev–Trinajstić information content (AvgIpc) is 2.44. The van der Waals surface area contributed by atoms with E-state index in [1.54, 1.807) is 30.3 Å². The third-order valence-corrected chi connectivity index (χ3v) is 3.23. The van der Waals surface area contributed by atoms with E-state index in [0.29, 0.717) is 21.2 Å². The molecule has 0 radical (unpaired) electrons. The van der Waals surface area contributed by atoms with E-state index in [2.05, 4.69) is 5.32 Å². The summed E-state index contributed by atoms with van der Waals surface area (Å²) in [5.74, 6) is -0.811. The third-order valence-electron chi connectivity index (χ3n) is 2.79. The van der Waals surface area contributed by atoms with E-state index in [1.165, 1.54) is 12.1 Å². The number of hydrogen-bond donors (Lipinski definition) is 2. The van der Waals surface area contributed by atoms with Crippen LogP contribution in [0.4, 0.5) is 0 Å². The van der Waals surface area contributed by atoms with Gasteiger partial charge in [0, 0.05) is 27.7 Å². The summed E-state index contributed by atoms with van der Waals surface area (Å²) in [7, 11) is 0. The van der Waals surface area contributed by atoms with Gasteiger partial charge in [0.25, 0.3) is 5.91 Å². The molecular formula is C15H12Cl2N2O2. The summed E-state index contributed by atoms with van der Waals surface area (Å²) in [6.07, 6.45) is 0. The summed E-state index contributed by atoms with van der Waals surface area (Å²) in [6, 6.07) is 11.4. The van der Waals surface area contributed by atoms with E-state index >= 15 is 0 Å². The molecular weight excluding hydrogens is 311 g/mol. The Morgan fingerprint density at radius 3 is 2.29 bits per heavy atom. The lowest BCUT2D eigenvalue weighted by atomic mass is 10.1. The van der Waals surface area contributed by atoms with Crippen molar-refractivity contribution in [1.29, 1.82) is 0 Å². The molecule has 0 spiro atoms. The molecule has 2 aromatic carbocycles. The minimum atomic E-state index is -0.509. The second kappa shape index (κ2) is 6.61. The summed E-state index contributed by atoms with van der Waals surface area (Å²) in [6.45, 7) is 0.268. The van der Waals surface area contributed by atoms with Crippen LogP contribution in [0.1, 0.15) is 26.3 Å². The minimum Gasteiger partial charge on any atom is -0.366 e. The molecule has 21 heavy (non-hydrogen) atoms. The van der Waals surface area contributed by atoms with Gasteiger partial charge < -0.3 is 11.1 Å². The molecule has 0 saturated heterocycles. The van der Waals surface area contributed by atoms with E-state index in [4.69, 9.17) is 28.9 Å². The van der Waals surface area contributed by atoms with Crippen LogP contribution in [0.3, 0.4) is 0 Å². The Morgan fingerprint density at radius 1 is 1.00 bits per heavy atom. The number of carbonyl (C=O) groups is 2. The molecule has 0 aliphatic carbocycles. The molecule has 0 bridgehead atoms. The maximum absolute atomic E-state index is 12.0.